The van der Waals surface area contributed by atoms with Crippen molar-refractivity contribution in [3.05, 3.63) is 53.2 Å². The van der Waals surface area contributed by atoms with Crippen LogP contribution >= 0.6 is 11.3 Å². The molecule has 1 fully saturated rings. The fraction of sp³-hybridized carbons (Fsp3) is 0.429. The molecule has 0 unspecified atom stereocenters. The Bertz CT molecular complexity index is 910. The maximum atomic E-state index is 4.68. The average Bonchev–Trinajstić information content (AvgIpc) is 3.20. The summed E-state index contributed by atoms with van der Waals surface area (Å²) in [6.07, 6.45) is 3.96. The van der Waals surface area contributed by atoms with Gasteiger partial charge < -0.3 is 4.90 Å². The number of nitrogens with zero attached hydrogens (tertiary/aromatic N) is 4. The van der Waals surface area contributed by atoms with Crippen molar-refractivity contribution in [1.82, 2.24) is 14.9 Å². The summed E-state index contributed by atoms with van der Waals surface area (Å²) >= 11 is 1.83. The van der Waals surface area contributed by atoms with E-state index in [4.69, 9.17) is 0 Å². The number of pyridine rings is 1. The predicted molar refractivity (Wildman–Crippen MR) is 110 cm³/mol. The van der Waals surface area contributed by atoms with Crippen LogP contribution in [0.3, 0.4) is 0 Å². The van der Waals surface area contributed by atoms with Gasteiger partial charge in [0.1, 0.15) is 0 Å². The highest BCUT2D eigenvalue weighted by Crippen LogP contribution is 2.34. The second-order valence-electron chi connectivity index (χ2n) is 8.04. The molecule has 0 N–H and O–H groups in total. The van der Waals surface area contributed by atoms with Gasteiger partial charge in [0.25, 0.3) is 0 Å². The Balaban J connectivity index is 1.58. The lowest BCUT2D eigenvalue weighted by Gasteiger charge is -2.29. The van der Waals surface area contributed by atoms with Gasteiger partial charge in [-0.15, -0.1) is 11.3 Å². The molecule has 5 heteroatoms. The molecule has 1 aliphatic rings. The van der Waals surface area contributed by atoms with Gasteiger partial charge in [0.2, 0.25) is 0 Å². The van der Waals surface area contributed by atoms with E-state index in [0.717, 1.165) is 30.4 Å². The molecule has 1 saturated heterocycles. The molecule has 0 aliphatic carbocycles. The number of para-hydroxylation sites is 1. The summed E-state index contributed by atoms with van der Waals surface area (Å²) in [5.74, 6) is 0.538. The monoisotopic (exact) mass is 366 g/mol. The third-order valence-corrected chi connectivity index (χ3v) is 6.59. The largest absolute Gasteiger partial charge is 0.333 e. The second-order valence-corrected chi connectivity index (χ2v) is 9.08. The smallest absolute Gasteiger partial charge is 0.186 e. The minimum absolute atomic E-state index is 0.105. The number of thiazole rings is 1. The van der Waals surface area contributed by atoms with Crippen LogP contribution in [0.5, 0.6) is 0 Å². The SMILES string of the molecule is CC(C)c1cnc(N2CN(Cc3ccnc4ccccc34)C(C)(C)C2)s1. The van der Waals surface area contributed by atoms with E-state index in [9.17, 15) is 0 Å². The molecule has 0 spiro atoms. The summed E-state index contributed by atoms with van der Waals surface area (Å²) in [5, 5.41) is 2.39. The first-order chi connectivity index (χ1) is 12.4. The molecule has 3 aromatic rings. The molecular formula is C21H26N4S. The van der Waals surface area contributed by atoms with Gasteiger partial charge in [0.05, 0.1) is 12.2 Å². The highest BCUT2D eigenvalue weighted by molar-refractivity contribution is 7.15. The summed E-state index contributed by atoms with van der Waals surface area (Å²) in [6.45, 7) is 11.9. The quantitative estimate of drug-likeness (QED) is 0.659. The summed E-state index contributed by atoms with van der Waals surface area (Å²) in [5.41, 5.74) is 2.52. The van der Waals surface area contributed by atoms with Crippen molar-refractivity contribution < 1.29 is 0 Å². The van der Waals surface area contributed by atoms with Crippen LogP contribution in [0.2, 0.25) is 0 Å². The highest BCUT2D eigenvalue weighted by Gasteiger charge is 2.38. The molecular weight excluding hydrogens is 340 g/mol. The molecule has 0 radical (unpaired) electrons. The number of aromatic nitrogens is 2. The van der Waals surface area contributed by atoms with E-state index >= 15 is 0 Å². The molecule has 0 saturated carbocycles. The maximum absolute atomic E-state index is 4.68. The maximum Gasteiger partial charge on any atom is 0.186 e. The highest BCUT2D eigenvalue weighted by atomic mass is 32.1. The van der Waals surface area contributed by atoms with E-state index < -0.39 is 0 Å². The van der Waals surface area contributed by atoms with Crippen LogP contribution in [0.15, 0.2) is 42.7 Å². The van der Waals surface area contributed by atoms with E-state index in [0.29, 0.717) is 5.92 Å². The van der Waals surface area contributed by atoms with Gasteiger partial charge in [0.15, 0.2) is 5.13 Å². The van der Waals surface area contributed by atoms with Crippen molar-refractivity contribution in [3.63, 3.8) is 0 Å². The van der Waals surface area contributed by atoms with Crippen molar-refractivity contribution in [2.45, 2.75) is 45.7 Å². The van der Waals surface area contributed by atoms with Crippen LogP contribution in [-0.2, 0) is 6.54 Å². The number of anilines is 1. The normalized spacial score (nSPS) is 17.5. The summed E-state index contributed by atoms with van der Waals surface area (Å²) < 4.78 is 0. The van der Waals surface area contributed by atoms with Gasteiger partial charge in [-0.3, -0.25) is 9.88 Å². The van der Waals surface area contributed by atoms with Crippen LogP contribution in [-0.4, -0.2) is 33.6 Å². The zero-order valence-electron chi connectivity index (χ0n) is 15.9. The number of hydrogen-bond donors (Lipinski definition) is 0. The number of rotatable bonds is 4. The summed E-state index contributed by atoms with van der Waals surface area (Å²) in [7, 11) is 0. The van der Waals surface area contributed by atoms with Crippen LogP contribution in [0.4, 0.5) is 5.13 Å². The molecule has 0 atom stereocenters. The third-order valence-electron chi connectivity index (χ3n) is 5.23. The third kappa shape index (κ3) is 3.21. The van der Waals surface area contributed by atoms with Crippen LogP contribution in [0.25, 0.3) is 10.9 Å². The molecule has 1 aromatic carbocycles. The fourth-order valence-electron chi connectivity index (χ4n) is 3.60. The van der Waals surface area contributed by atoms with E-state index in [2.05, 4.69) is 77.8 Å². The summed E-state index contributed by atoms with van der Waals surface area (Å²) in [4.78, 5) is 15.5. The first-order valence-electron chi connectivity index (χ1n) is 9.22. The van der Waals surface area contributed by atoms with Crippen molar-refractivity contribution in [3.8, 4) is 0 Å². The molecule has 136 valence electrons. The fourth-order valence-corrected chi connectivity index (χ4v) is 4.50. The van der Waals surface area contributed by atoms with Gasteiger partial charge in [-0.05, 0) is 37.5 Å². The molecule has 0 bridgehead atoms. The summed E-state index contributed by atoms with van der Waals surface area (Å²) in [6, 6.07) is 10.6. The van der Waals surface area contributed by atoms with E-state index in [1.54, 1.807) is 0 Å². The van der Waals surface area contributed by atoms with Crippen LogP contribution < -0.4 is 4.90 Å². The second kappa shape index (κ2) is 6.63. The van der Waals surface area contributed by atoms with Gasteiger partial charge >= 0.3 is 0 Å². The molecule has 4 nitrogen and oxygen atoms in total. The Hall–Kier alpha value is -1.98. The van der Waals surface area contributed by atoms with Gasteiger partial charge in [0, 0.05) is 41.3 Å². The van der Waals surface area contributed by atoms with Gasteiger partial charge in [-0.2, -0.15) is 0 Å². The Morgan fingerprint density at radius 3 is 2.73 bits per heavy atom. The molecule has 0 amide bonds. The van der Waals surface area contributed by atoms with E-state index in [1.807, 2.05) is 23.7 Å². The molecule has 26 heavy (non-hydrogen) atoms. The Kier molecular flexibility index (Phi) is 4.45. The lowest BCUT2D eigenvalue weighted by molar-refractivity contribution is 0.176. The zero-order chi connectivity index (χ0) is 18.3. The van der Waals surface area contributed by atoms with Crippen molar-refractivity contribution in [1.29, 1.82) is 0 Å². The molecule has 4 rings (SSSR count). The van der Waals surface area contributed by atoms with Gasteiger partial charge in [-0.1, -0.05) is 32.0 Å². The molecule has 1 aliphatic heterocycles. The van der Waals surface area contributed by atoms with Gasteiger partial charge in [-0.25, -0.2) is 4.98 Å². The van der Waals surface area contributed by atoms with E-state index in [1.165, 1.54) is 15.8 Å². The Labute approximate surface area is 159 Å². The lowest BCUT2D eigenvalue weighted by Crippen LogP contribution is -2.39. The standard InChI is InChI=1S/C21H26N4S/c1-15(2)19-11-23-20(26-19)24-13-21(3,4)25(14-24)12-16-9-10-22-18-8-6-5-7-17(16)18/h5-11,15H,12-14H2,1-4H3. The first-order valence-corrected chi connectivity index (χ1v) is 10.0. The Morgan fingerprint density at radius 1 is 1.15 bits per heavy atom. The molecule has 3 heterocycles. The van der Waals surface area contributed by atoms with Crippen molar-refractivity contribution >= 4 is 27.4 Å². The number of hydrogen-bond acceptors (Lipinski definition) is 5. The minimum atomic E-state index is 0.105. The minimum Gasteiger partial charge on any atom is -0.333 e. The van der Waals surface area contributed by atoms with Crippen molar-refractivity contribution in [2.24, 2.45) is 0 Å². The lowest BCUT2D eigenvalue weighted by atomic mass is 10.0. The number of benzene rings is 1. The Morgan fingerprint density at radius 2 is 1.96 bits per heavy atom. The van der Waals surface area contributed by atoms with E-state index in [-0.39, 0.29) is 5.54 Å². The molecule has 2 aromatic heterocycles. The average molecular weight is 367 g/mol. The number of fused-ring (bicyclic) bond motifs is 1. The van der Waals surface area contributed by atoms with Crippen molar-refractivity contribution in [2.75, 3.05) is 18.1 Å². The van der Waals surface area contributed by atoms with Crippen LogP contribution in [0, 0.1) is 0 Å². The predicted octanol–water partition coefficient (Wildman–Crippen LogP) is 4.87. The first kappa shape index (κ1) is 17.4. The zero-order valence-corrected chi connectivity index (χ0v) is 16.8. The van der Waals surface area contributed by atoms with Crippen LogP contribution in [0.1, 0.15) is 44.1 Å². The topological polar surface area (TPSA) is 32.3 Å².